The van der Waals surface area contributed by atoms with Gasteiger partial charge < -0.3 is 15.0 Å². The minimum atomic E-state index is -0.0233. The second-order valence-electron chi connectivity index (χ2n) is 4.89. The molecule has 19 heavy (non-hydrogen) atoms. The van der Waals surface area contributed by atoms with E-state index in [9.17, 15) is 4.79 Å². The van der Waals surface area contributed by atoms with Gasteiger partial charge in [0.2, 0.25) is 5.88 Å². The number of halogens is 1. The molecular formula is C13H18BrN3O2. The maximum atomic E-state index is 11.8. The Morgan fingerprint density at radius 3 is 3.00 bits per heavy atom. The predicted octanol–water partition coefficient (Wildman–Crippen LogP) is 2.42. The summed E-state index contributed by atoms with van der Waals surface area (Å²) in [6, 6.07) is 3.84. The number of hydrogen-bond acceptors (Lipinski definition) is 3. The lowest BCUT2D eigenvalue weighted by molar-refractivity contribution is 0.181. The number of nitrogens with zero attached hydrogens (tertiary/aromatic N) is 2. The third kappa shape index (κ3) is 4.09. The Labute approximate surface area is 121 Å². The topological polar surface area (TPSA) is 54.5 Å². The highest BCUT2D eigenvalue weighted by Gasteiger charge is 2.27. The van der Waals surface area contributed by atoms with Crippen molar-refractivity contribution in [2.45, 2.75) is 32.4 Å². The van der Waals surface area contributed by atoms with Gasteiger partial charge in [-0.2, -0.15) is 0 Å². The summed E-state index contributed by atoms with van der Waals surface area (Å²) >= 11 is 3.33. The molecule has 1 N–H and O–H groups in total. The normalized spacial score (nSPS) is 18.7. The molecule has 1 fully saturated rings. The molecule has 1 unspecified atom stereocenters. The van der Waals surface area contributed by atoms with Crippen LogP contribution in [0.2, 0.25) is 0 Å². The molecule has 0 spiro atoms. The average Bonchev–Trinajstić information content (AvgIpc) is 2.80. The smallest absolute Gasteiger partial charge is 0.317 e. The molecule has 0 aliphatic carbocycles. The highest BCUT2D eigenvalue weighted by Crippen LogP contribution is 2.18. The van der Waals surface area contributed by atoms with Gasteiger partial charge >= 0.3 is 6.03 Å². The van der Waals surface area contributed by atoms with Crippen LogP contribution in [-0.2, 0) is 0 Å². The first-order valence-corrected chi connectivity index (χ1v) is 7.17. The summed E-state index contributed by atoms with van der Waals surface area (Å²) in [7, 11) is 0. The van der Waals surface area contributed by atoms with Crippen molar-refractivity contribution in [1.82, 2.24) is 15.2 Å². The van der Waals surface area contributed by atoms with Crippen molar-refractivity contribution in [3.8, 4) is 5.88 Å². The van der Waals surface area contributed by atoms with E-state index < -0.39 is 0 Å². The number of ether oxygens (including phenoxy) is 1. The van der Waals surface area contributed by atoms with Crippen molar-refractivity contribution in [3.63, 3.8) is 0 Å². The minimum absolute atomic E-state index is 0.0200. The molecule has 0 bridgehead atoms. The molecule has 1 aromatic rings. The average molecular weight is 328 g/mol. The van der Waals surface area contributed by atoms with Gasteiger partial charge in [0.1, 0.15) is 6.10 Å². The van der Waals surface area contributed by atoms with Crippen LogP contribution in [0.25, 0.3) is 0 Å². The lowest BCUT2D eigenvalue weighted by Crippen LogP contribution is -2.42. The minimum Gasteiger partial charge on any atom is -0.472 e. The lowest BCUT2D eigenvalue weighted by atomic mass is 10.3. The molecule has 6 heteroatoms. The summed E-state index contributed by atoms with van der Waals surface area (Å²) < 4.78 is 6.68. The van der Waals surface area contributed by atoms with Crippen molar-refractivity contribution < 1.29 is 9.53 Å². The van der Waals surface area contributed by atoms with Gasteiger partial charge in [0.25, 0.3) is 0 Å². The van der Waals surface area contributed by atoms with Gasteiger partial charge in [-0.05, 0) is 35.8 Å². The van der Waals surface area contributed by atoms with Crippen molar-refractivity contribution >= 4 is 22.0 Å². The van der Waals surface area contributed by atoms with E-state index in [0.29, 0.717) is 12.4 Å². The number of rotatable bonds is 3. The van der Waals surface area contributed by atoms with Gasteiger partial charge in [-0.3, -0.25) is 0 Å². The van der Waals surface area contributed by atoms with E-state index >= 15 is 0 Å². The summed E-state index contributed by atoms with van der Waals surface area (Å²) in [5, 5.41) is 2.89. The fourth-order valence-electron chi connectivity index (χ4n) is 1.95. The number of nitrogens with one attached hydrogen (secondary N) is 1. The van der Waals surface area contributed by atoms with Gasteiger partial charge in [-0.15, -0.1) is 0 Å². The number of urea groups is 1. The Morgan fingerprint density at radius 1 is 1.58 bits per heavy atom. The SMILES string of the molecule is CC(C)NC(=O)N1CCC(Oc2ccc(Br)cn2)C1. The van der Waals surface area contributed by atoms with Gasteiger partial charge in [0, 0.05) is 35.7 Å². The van der Waals surface area contributed by atoms with Crippen LogP contribution in [0.1, 0.15) is 20.3 Å². The second kappa shape index (κ2) is 6.23. The number of hydrogen-bond donors (Lipinski definition) is 1. The van der Waals surface area contributed by atoms with Gasteiger partial charge in [-0.25, -0.2) is 9.78 Å². The van der Waals surface area contributed by atoms with E-state index in [0.717, 1.165) is 17.4 Å². The number of carbonyl (C=O) groups is 1. The van der Waals surface area contributed by atoms with Crippen LogP contribution in [0.3, 0.4) is 0 Å². The number of carbonyl (C=O) groups excluding carboxylic acids is 1. The van der Waals surface area contributed by atoms with Crippen molar-refractivity contribution in [3.05, 3.63) is 22.8 Å². The van der Waals surface area contributed by atoms with E-state index in [4.69, 9.17) is 4.74 Å². The molecule has 0 radical (unpaired) electrons. The highest BCUT2D eigenvalue weighted by atomic mass is 79.9. The Hall–Kier alpha value is -1.30. The largest absolute Gasteiger partial charge is 0.472 e. The molecule has 1 saturated heterocycles. The third-order valence-electron chi connectivity index (χ3n) is 2.83. The van der Waals surface area contributed by atoms with Crippen molar-refractivity contribution in [2.24, 2.45) is 0 Å². The Morgan fingerprint density at radius 2 is 2.37 bits per heavy atom. The molecular weight excluding hydrogens is 310 g/mol. The first kappa shape index (κ1) is 14.1. The first-order chi connectivity index (χ1) is 9.04. The van der Waals surface area contributed by atoms with E-state index in [1.54, 1.807) is 11.1 Å². The Kier molecular flexibility index (Phi) is 4.63. The third-order valence-corrected chi connectivity index (χ3v) is 3.30. The zero-order valence-electron chi connectivity index (χ0n) is 11.1. The molecule has 2 amide bonds. The van der Waals surface area contributed by atoms with Gasteiger partial charge in [0.15, 0.2) is 0 Å². The number of pyridine rings is 1. The van der Waals surface area contributed by atoms with Crippen LogP contribution in [0.15, 0.2) is 22.8 Å². The van der Waals surface area contributed by atoms with Crippen LogP contribution < -0.4 is 10.1 Å². The first-order valence-electron chi connectivity index (χ1n) is 6.38. The highest BCUT2D eigenvalue weighted by molar-refractivity contribution is 9.10. The summed E-state index contributed by atoms with van der Waals surface area (Å²) in [5.41, 5.74) is 0. The standard InChI is InChI=1S/C13H18BrN3O2/c1-9(2)16-13(18)17-6-5-11(8-17)19-12-4-3-10(14)7-15-12/h3-4,7,9,11H,5-6,8H2,1-2H3,(H,16,18). The van der Waals surface area contributed by atoms with E-state index in [2.05, 4.69) is 26.2 Å². The lowest BCUT2D eigenvalue weighted by Gasteiger charge is -2.19. The Bertz CT molecular complexity index is 436. The van der Waals surface area contributed by atoms with Crippen LogP contribution >= 0.6 is 15.9 Å². The molecule has 1 aliphatic rings. The molecule has 2 heterocycles. The summed E-state index contributed by atoms with van der Waals surface area (Å²) in [5.74, 6) is 0.597. The fraction of sp³-hybridized carbons (Fsp3) is 0.538. The molecule has 104 valence electrons. The summed E-state index contributed by atoms with van der Waals surface area (Å²) in [4.78, 5) is 17.8. The molecule has 1 aromatic heterocycles. The monoisotopic (exact) mass is 327 g/mol. The molecule has 0 aromatic carbocycles. The number of aromatic nitrogens is 1. The number of amides is 2. The number of likely N-dealkylation sites (tertiary alicyclic amines) is 1. The van der Waals surface area contributed by atoms with Crippen molar-refractivity contribution in [2.75, 3.05) is 13.1 Å². The molecule has 1 atom stereocenters. The van der Waals surface area contributed by atoms with Crippen LogP contribution in [-0.4, -0.2) is 41.2 Å². The summed E-state index contributed by atoms with van der Waals surface area (Å²) in [6.45, 7) is 5.23. The van der Waals surface area contributed by atoms with Crippen molar-refractivity contribution in [1.29, 1.82) is 0 Å². The fourth-order valence-corrected chi connectivity index (χ4v) is 2.18. The van der Waals surface area contributed by atoms with Gasteiger partial charge in [-0.1, -0.05) is 0 Å². The van der Waals surface area contributed by atoms with Crippen LogP contribution in [0.4, 0.5) is 4.79 Å². The second-order valence-corrected chi connectivity index (χ2v) is 5.81. The quantitative estimate of drug-likeness (QED) is 0.927. The van der Waals surface area contributed by atoms with Crippen LogP contribution in [0.5, 0.6) is 5.88 Å². The van der Waals surface area contributed by atoms with E-state index in [-0.39, 0.29) is 18.2 Å². The predicted molar refractivity (Wildman–Crippen MR) is 76.2 cm³/mol. The molecule has 5 nitrogen and oxygen atoms in total. The zero-order valence-corrected chi connectivity index (χ0v) is 12.7. The molecule has 2 rings (SSSR count). The Balaban J connectivity index is 1.85. The van der Waals surface area contributed by atoms with Crippen LogP contribution in [0, 0.1) is 0 Å². The molecule has 0 saturated carbocycles. The molecule has 1 aliphatic heterocycles. The maximum absolute atomic E-state index is 11.8. The van der Waals surface area contributed by atoms with E-state index in [1.807, 2.05) is 26.0 Å². The summed E-state index contributed by atoms with van der Waals surface area (Å²) in [6.07, 6.45) is 2.56. The zero-order chi connectivity index (χ0) is 13.8. The van der Waals surface area contributed by atoms with E-state index in [1.165, 1.54) is 0 Å². The van der Waals surface area contributed by atoms with Gasteiger partial charge in [0.05, 0.1) is 6.54 Å². The maximum Gasteiger partial charge on any atom is 0.317 e.